The van der Waals surface area contributed by atoms with Gasteiger partial charge in [0.2, 0.25) is 5.95 Å². The van der Waals surface area contributed by atoms with E-state index >= 15 is 0 Å². The molecular formula is C21H20F2N4O. The largest absolute Gasteiger partial charge is 0.324 e. The maximum atomic E-state index is 13.4. The van der Waals surface area contributed by atoms with E-state index in [0.717, 1.165) is 41.8 Å². The topological polar surface area (TPSA) is 66.9 Å². The molecule has 0 atom stereocenters. The van der Waals surface area contributed by atoms with Crippen molar-refractivity contribution in [1.29, 1.82) is 0 Å². The second-order valence-corrected chi connectivity index (χ2v) is 6.13. The van der Waals surface area contributed by atoms with Crippen molar-refractivity contribution in [3.05, 3.63) is 77.1 Å². The molecule has 144 valence electrons. The fourth-order valence-corrected chi connectivity index (χ4v) is 2.83. The number of amides is 1. The third kappa shape index (κ3) is 4.31. The fraction of sp³-hybridized carbons (Fsp3) is 0.190. The van der Waals surface area contributed by atoms with Crippen LogP contribution in [0.3, 0.4) is 0 Å². The summed E-state index contributed by atoms with van der Waals surface area (Å²) in [5.41, 5.74) is 3.32. The molecule has 0 radical (unpaired) electrons. The number of aryl methyl sites for hydroxylation is 2. The third-order valence-electron chi connectivity index (χ3n) is 4.30. The van der Waals surface area contributed by atoms with Gasteiger partial charge in [-0.2, -0.15) is 0 Å². The predicted molar refractivity (Wildman–Crippen MR) is 105 cm³/mol. The van der Waals surface area contributed by atoms with Crippen LogP contribution in [0.2, 0.25) is 0 Å². The van der Waals surface area contributed by atoms with Gasteiger partial charge in [0.25, 0.3) is 5.91 Å². The summed E-state index contributed by atoms with van der Waals surface area (Å²) in [4.78, 5) is 20.9. The summed E-state index contributed by atoms with van der Waals surface area (Å²) in [5.74, 6) is -2.19. The fourth-order valence-electron chi connectivity index (χ4n) is 2.83. The van der Waals surface area contributed by atoms with E-state index < -0.39 is 11.6 Å². The van der Waals surface area contributed by atoms with Crippen LogP contribution in [0.4, 0.5) is 26.1 Å². The number of halogens is 2. The smallest absolute Gasteiger partial charge is 0.274 e. The Morgan fingerprint density at radius 3 is 2.36 bits per heavy atom. The molecule has 0 aliphatic rings. The lowest BCUT2D eigenvalue weighted by Gasteiger charge is -2.14. The van der Waals surface area contributed by atoms with Gasteiger partial charge in [-0.25, -0.2) is 18.7 Å². The number of para-hydroxylation sites is 1. The van der Waals surface area contributed by atoms with Gasteiger partial charge in [0, 0.05) is 23.6 Å². The molecule has 0 saturated heterocycles. The lowest BCUT2D eigenvalue weighted by Crippen LogP contribution is -2.17. The highest BCUT2D eigenvalue weighted by molar-refractivity contribution is 6.03. The van der Waals surface area contributed by atoms with Gasteiger partial charge in [-0.05, 0) is 42.2 Å². The highest BCUT2D eigenvalue weighted by Crippen LogP contribution is 2.23. The van der Waals surface area contributed by atoms with E-state index in [4.69, 9.17) is 0 Å². The van der Waals surface area contributed by atoms with Crippen molar-refractivity contribution in [3.63, 3.8) is 0 Å². The monoisotopic (exact) mass is 382 g/mol. The minimum atomic E-state index is -0.984. The number of carbonyl (C=O) groups is 1. The number of aromatic nitrogens is 2. The summed E-state index contributed by atoms with van der Waals surface area (Å²) in [6.07, 6.45) is 3.00. The Morgan fingerprint density at radius 2 is 1.71 bits per heavy atom. The standard InChI is InChI=1S/C21H20F2N4O/c1-3-13-6-5-7-14(4-2)19(13)27-20(28)18-10-11-24-21(26-18)25-15-8-9-16(22)17(23)12-15/h5-12H,3-4H2,1-2H3,(H,27,28)(H,24,25,26). The molecule has 0 spiro atoms. The predicted octanol–water partition coefficient (Wildman–Crippen LogP) is 4.88. The van der Waals surface area contributed by atoms with Crippen LogP contribution in [-0.4, -0.2) is 15.9 Å². The van der Waals surface area contributed by atoms with Crippen LogP contribution in [0.5, 0.6) is 0 Å². The molecule has 0 aliphatic carbocycles. The molecule has 0 fully saturated rings. The minimum Gasteiger partial charge on any atom is -0.324 e. The molecule has 0 bridgehead atoms. The molecule has 3 rings (SSSR count). The Bertz CT molecular complexity index is 985. The molecule has 2 N–H and O–H groups in total. The van der Waals surface area contributed by atoms with Crippen LogP contribution in [0.1, 0.15) is 35.5 Å². The quantitative estimate of drug-likeness (QED) is 0.638. The number of nitrogens with zero attached hydrogens (tertiary/aromatic N) is 2. The van der Waals surface area contributed by atoms with Crippen molar-refractivity contribution < 1.29 is 13.6 Å². The lowest BCUT2D eigenvalue weighted by atomic mass is 10.0. The van der Waals surface area contributed by atoms with E-state index in [9.17, 15) is 13.6 Å². The van der Waals surface area contributed by atoms with E-state index in [1.54, 1.807) is 0 Å². The second kappa shape index (κ2) is 8.56. The summed E-state index contributed by atoms with van der Waals surface area (Å²) < 4.78 is 26.4. The van der Waals surface area contributed by atoms with Gasteiger partial charge in [-0.15, -0.1) is 0 Å². The first-order valence-corrected chi connectivity index (χ1v) is 8.99. The van der Waals surface area contributed by atoms with Crippen LogP contribution < -0.4 is 10.6 Å². The molecule has 7 heteroatoms. The Balaban J connectivity index is 1.82. The zero-order valence-corrected chi connectivity index (χ0v) is 15.6. The number of rotatable bonds is 6. The number of anilines is 3. The molecule has 5 nitrogen and oxygen atoms in total. The second-order valence-electron chi connectivity index (χ2n) is 6.13. The van der Waals surface area contributed by atoms with Crippen molar-refractivity contribution >= 4 is 23.2 Å². The van der Waals surface area contributed by atoms with Crippen molar-refractivity contribution in [3.8, 4) is 0 Å². The first kappa shape index (κ1) is 19.4. The zero-order chi connectivity index (χ0) is 20.1. The molecule has 28 heavy (non-hydrogen) atoms. The lowest BCUT2D eigenvalue weighted by molar-refractivity contribution is 0.102. The summed E-state index contributed by atoms with van der Waals surface area (Å²) in [6, 6.07) is 10.8. The molecule has 1 heterocycles. The van der Waals surface area contributed by atoms with E-state index in [2.05, 4.69) is 20.6 Å². The van der Waals surface area contributed by atoms with E-state index in [1.165, 1.54) is 18.3 Å². The van der Waals surface area contributed by atoms with E-state index in [-0.39, 0.29) is 23.2 Å². The van der Waals surface area contributed by atoms with Gasteiger partial charge in [0.15, 0.2) is 11.6 Å². The molecule has 0 saturated carbocycles. The SMILES string of the molecule is CCc1cccc(CC)c1NC(=O)c1ccnc(Nc2ccc(F)c(F)c2)n1. The molecule has 1 aromatic heterocycles. The minimum absolute atomic E-state index is 0.109. The van der Waals surface area contributed by atoms with Gasteiger partial charge in [-0.1, -0.05) is 32.0 Å². The normalized spacial score (nSPS) is 10.6. The van der Waals surface area contributed by atoms with Crippen molar-refractivity contribution in [2.75, 3.05) is 10.6 Å². The van der Waals surface area contributed by atoms with Gasteiger partial charge < -0.3 is 10.6 Å². The molecule has 0 aliphatic heterocycles. The molecule has 2 aromatic carbocycles. The van der Waals surface area contributed by atoms with Gasteiger partial charge >= 0.3 is 0 Å². The summed E-state index contributed by atoms with van der Waals surface area (Å²) in [6.45, 7) is 4.05. The van der Waals surface area contributed by atoms with E-state index in [1.807, 2.05) is 32.0 Å². The maximum Gasteiger partial charge on any atom is 0.274 e. The zero-order valence-electron chi connectivity index (χ0n) is 15.6. The number of nitrogens with one attached hydrogen (secondary N) is 2. The average molecular weight is 382 g/mol. The Kier molecular flexibility index (Phi) is 5.93. The van der Waals surface area contributed by atoms with Gasteiger partial charge in [-0.3, -0.25) is 4.79 Å². The number of benzene rings is 2. The van der Waals surface area contributed by atoms with Crippen molar-refractivity contribution in [2.24, 2.45) is 0 Å². The Hall–Kier alpha value is -3.35. The van der Waals surface area contributed by atoms with Crippen LogP contribution >= 0.6 is 0 Å². The number of carbonyl (C=O) groups excluding carboxylic acids is 1. The van der Waals surface area contributed by atoms with Crippen LogP contribution in [0.25, 0.3) is 0 Å². The molecule has 3 aromatic rings. The summed E-state index contributed by atoms with van der Waals surface area (Å²) in [5, 5.41) is 5.71. The van der Waals surface area contributed by atoms with E-state index in [0.29, 0.717) is 0 Å². The Morgan fingerprint density at radius 1 is 1.00 bits per heavy atom. The van der Waals surface area contributed by atoms with Crippen LogP contribution in [0.15, 0.2) is 48.7 Å². The molecule has 0 unspecified atom stereocenters. The van der Waals surface area contributed by atoms with Crippen molar-refractivity contribution in [2.45, 2.75) is 26.7 Å². The van der Waals surface area contributed by atoms with Crippen molar-refractivity contribution in [1.82, 2.24) is 9.97 Å². The third-order valence-corrected chi connectivity index (χ3v) is 4.30. The highest BCUT2D eigenvalue weighted by Gasteiger charge is 2.14. The highest BCUT2D eigenvalue weighted by atomic mass is 19.2. The summed E-state index contributed by atoms with van der Waals surface area (Å²) in [7, 11) is 0. The molecular weight excluding hydrogens is 362 g/mol. The van der Waals surface area contributed by atoms with Gasteiger partial charge in [0.05, 0.1) is 0 Å². The maximum absolute atomic E-state index is 13.4. The first-order valence-electron chi connectivity index (χ1n) is 8.99. The number of hydrogen-bond acceptors (Lipinski definition) is 4. The average Bonchev–Trinajstić information content (AvgIpc) is 2.71. The van der Waals surface area contributed by atoms with Crippen LogP contribution in [0, 0.1) is 11.6 Å². The molecule has 1 amide bonds. The van der Waals surface area contributed by atoms with Crippen LogP contribution in [-0.2, 0) is 12.8 Å². The number of hydrogen-bond donors (Lipinski definition) is 2. The Labute approximate surface area is 161 Å². The van der Waals surface area contributed by atoms with Gasteiger partial charge in [0.1, 0.15) is 5.69 Å². The summed E-state index contributed by atoms with van der Waals surface area (Å²) >= 11 is 0. The first-order chi connectivity index (χ1) is 13.5.